The summed E-state index contributed by atoms with van der Waals surface area (Å²) in [7, 11) is 0. The summed E-state index contributed by atoms with van der Waals surface area (Å²) in [4.78, 5) is 28.0. The third kappa shape index (κ3) is 3.85. The molecular weight excluding hydrogens is 326 g/mol. The molecule has 0 bridgehead atoms. The van der Waals surface area contributed by atoms with Crippen molar-refractivity contribution in [2.45, 2.75) is 33.5 Å². The number of carbonyl (C=O) groups excluding carboxylic acids is 2. The highest BCUT2D eigenvalue weighted by atomic mass is 32.2. The van der Waals surface area contributed by atoms with E-state index in [1.165, 1.54) is 0 Å². The second-order valence-electron chi connectivity index (χ2n) is 6.52. The molecule has 8 heteroatoms. The van der Waals surface area contributed by atoms with Crippen LogP contribution in [-0.2, 0) is 24.4 Å². The zero-order valence-electron chi connectivity index (χ0n) is 14.3. The van der Waals surface area contributed by atoms with Crippen LogP contribution in [0.3, 0.4) is 0 Å². The SMILES string of the molecule is CC(C)C(=O)N1CCn2nc(CNC(=O)N3CCSCC3)cc2C1. The maximum absolute atomic E-state index is 12.1. The van der Waals surface area contributed by atoms with Crippen molar-refractivity contribution in [2.24, 2.45) is 5.92 Å². The van der Waals surface area contributed by atoms with Crippen molar-refractivity contribution in [3.63, 3.8) is 0 Å². The molecule has 3 heterocycles. The number of nitrogens with one attached hydrogen (secondary N) is 1. The van der Waals surface area contributed by atoms with Gasteiger partial charge in [-0.15, -0.1) is 0 Å². The van der Waals surface area contributed by atoms with Crippen molar-refractivity contribution in [3.05, 3.63) is 17.5 Å². The van der Waals surface area contributed by atoms with Gasteiger partial charge in [-0.05, 0) is 6.07 Å². The fraction of sp³-hybridized carbons (Fsp3) is 0.688. The summed E-state index contributed by atoms with van der Waals surface area (Å²) < 4.78 is 1.95. The van der Waals surface area contributed by atoms with Gasteiger partial charge in [0.1, 0.15) is 0 Å². The van der Waals surface area contributed by atoms with E-state index in [1.54, 1.807) is 0 Å². The minimum Gasteiger partial charge on any atom is -0.335 e. The lowest BCUT2D eigenvalue weighted by molar-refractivity contribution is -0.136. The first kappa shape index (κ1) is 17.1. The molecule has 0 spiro atoms. The highest BCUT2D eigenvalue weighted by Crippen LogP contribution is 2.16. The quantitative estimate of drug-likeness (QED) is 0.887. The number of rotatable bonds is 3. The first-order valence-corrected chi connectivity index (χ1v) is 9.65. The number of hydrogen-bond donors (Lipinski definition) is 1. The Kier molecular flexibility index (Phi) is 5.33. The number of aromatic nitrogens is 2. The predicted molar refractivity (Wildman–Crippen MR) is 93.6 cm³/mol. The van der Waals surface area contributed by atoms with Crippen LogP contribution in [0.15, 0.2) is 6.07 Å². The van der Waals surface area contributed by atoms with Gasteiger partial charge in [-0.2, -0.15) is 16.9 Å². The van der Waals surface area contributed by atoms with Gasteiger partial charge in [-0.1, -0.05) is 13.8 Å². The second-order valence-corrected chi connectivity index (χ2v) is 7.75. The fourth-order valence-electron chi connectivity index (χ4n) is 3.01. The molecule has 1 aromatic heterocycles. The van der Waals surface area contributed by atoms with Crippen LogP contribution in [-0.4, -0.2) is 62.7 Å². The minimum atomic E-state index is -0.0158. The van der Waals surface area contributed by atoms with E-state index in [0.717, 1.165) is 36.0 Å². The van der Waals surface area contributed by atoms with E-state index < -0.39 is 0 Å². The lowest BCUT2D eigenvalue weighted by Gasteiger charge is -2.29. The van der Waals surface area contributed by atoms with Gasteiger partial charge in [-0.25, -0.2) is 4.79 Å². The highest BCUT2D eigenvalue weighted by Gasteiger charge is 2.24. The van der Waals surface area contributed by atoms with Crippen molar-refractivity contribution in [3.8, 4) is 0 Å². The molecule has 132 valence electrons. The molecule has 1 N–H and O–H groups in total. The number of hydrogen-bond acceptors (Lipinski definition) is 4. The van der Waals surface area contributed by atoms with Gasteiger partial charge in [0.25, 0.3) is 0 Å². The summed E-state index contributed by atoms with van der Waals surface area (Å²) in [6, 6.07) is 1.98. The molecule has 1 fully saturated rings. The Hall–Kier alpha value is -1.70. The van der Waals surface area contributed by atoms with Crippen molar-refractivity contribution >= 4 is 23.7 Å². The maximum atomic E-state index is 12.1. The van der Waals surface area contributed by atoms with E-state index in [9.17, 15) is 9.59 Å². The number of fused-ring (bicyclic) bond motifs is 1. The van der Waals surface area contributed by atoms with Crippen molar-refractivity contribution < 1.29 is 9.59 Å². The molecule has 24 heavy (non-hydrogen) atoms. The first-order chi connectivity index (χ1) is 11.5. The first-order valence-electron chi connectivity index (χ1n) is 8.49. The number of amides is 3. The number of urea groups is 1. The topological polar surface area (TPSA) is 70.5 Å². The molecule has 0 aromatic carbocycles. The Balaban J connectivity index is 1.55. The lowest BCUT2D eigenvalue weighted by atomic mass is 10.1. The Morgan fingerprint density at radius 1 is 1.21 bits per heavy atom. The van der Waals surface area contributed by atoms with Crippen LogP contribution in [0.2, 0.25) is 0 Å². The highest BCUT2D eigenvalue weighted by molar-refractivity contribution is 7.99. The summed E-state index contributed by atoms with van der Waals surface area (Å²) >= 11 is 1.88. The van der Waals surface area contributed by atoms with Crippen molar-refractivity contribution in [1.29, 1.82) is 0 Å². The summed E-state index contributed by atoms with van der Waals surface area (Å²) in [5, 5.41) is 7.50. The van der Waals surface area contributed by atoms with Crippen molar-refractivity contribution in [2.75, 3.05) is 31.1 Å². The van der Waals surface area contributed by atoms with E-state index >= 15 is 0 Å². The van der Waals surface area contributed by atoms with Crippen molar-refractivity contribution in [1.82, 2.24) is 24.9 Å². The van der Waals surface area contributed by atoms with Crippen LogP contribution in [0.4, 0.5) is 4.79 Å². The second kappa shape index (κ2) is 7.46. The molecule has 7 nitrogen and oxygen atoms in total. The molecule has 0 saturated carbocycles. The van der Waals surface area contributed by atoms with Gasteiger partial charge in [0.15, 0.2) is 0 Å². The molecule has 0 unspecified atom stereocenters. The van der Waals surface area contributed by atoms with E-state index in [1.807, 2.05) is 46.2 Å². The molecule has 2 aliphatic heterocycles. The fourth-order valence-corrected chi connectivity index (χ4v) is 3.91. The van der Waals surface area contributed by atoms with Gasteiger partial charge >= 0.3 is 6.03 Å². The molecule has 1 saturated heterocycles. The van der Waals surface area contributed by atoms with E-state index in [2.05, 4.69) is 10.4 Å². The normalized spacial score (nSPS) is 17.8. The molecule has 1 aromatic rings. The Bertz CT molecular complexity index is 610. The zero-order chi connectivity index (χ0) is 17.1. The van der Waals surface area contributed by atoms with Gasteiger partial charge in [0.2, 0.25) is 5.91 Å². The third-order valence-corrected chi connectivity index (χ3v) is 5.32. The molecule has 2 aliphatic rings. The van der Waals surface area contributed by atoms with Crippen LogP contribution in [0, 0.1) is 5.92 Å². The smallest absolute Gasteiger partial charge is 0.317 e. The molecule has 0 radical (unpaired) electrons. The Morgan fingerprint density at radius 2 is 1.96 bits per heavy atom. The molecule has 0 aliphatic carbocycles. The van der Waals surface area contributed by atoms with Gasteiger partial charge in [0, 0.05) is 37.1 Å². The predicted octanol–water partition coefficient (Wildman–Crippen LogP) is 1.14. The van der Waals surface area contributed by atoms with Crippen LogP contribution in [0.1, 0.15) is 25.2 Å². The van der Waals surface area contributed by atoms with Crippen LogP contribution < -0.4 is 5.32 Å². The maximum Gasteiger partial charge on any atom is 0.317 e. The van der Waals surface area contributed by atoms with E-state index in [4.69, 9.17) is 0 Å². The van der Waals surface area contributed by atoms with Crippen LogP contribution in [0.25, 0.3) is 0 Å². The van der Waals surface area contributed by atoms with Gasteiger partial charge in [-0.3, -0.25) is 9.48 Å². The molecule has 3 rings (SSSR count). The van der Waals surface area contributed by atoms with Crippen LogP contribution >= 0.6 is 11.8 Å². The average molecular weight is 351 g/mol. The summed E-state index contributed by atoms with van der Waals surface area (Å²) in [6.45, 7) is 7.91. The largest absolute Gasteiger partial charge is 0.335 e. The van der Waals surface area contributed by atoms with E-state index in [-0.39, 0.29) is 17.9 Å². The summed E-state index contributed by atoms with van der Waals surface area (Å²) in [6.07, 6.45) is 0. The third-order valence-electron chi connectivity index (χ3n) is 4.37. The Labute approximate surface area is 146 Å². The summed E-state index contributed by atoms with van der Waals surface area (Å²) in [5.74, 6) is 2.21. The zero-order valence-corrected chi connectivity index (χ0v) is 15.1. The van der Waals surface area contributed by atoms with Gasteiger partial charge < -0.3 is 15.1 Å². The Morgan fingerprint density at radius 3 is 2.67 bits per heavy atom. The monoisotopic (exact) mass is 351 g/mol. The summed E-state index contributed by atoms with van der Waals surface area (Å²) in [5.41, 5.74) is 1.89. The van der Waals surface area contributed by atoms with Crippen LogP contribution in [0.5, 0.6) is 0 Å². The minimum absolute atomic E-state index is 0.0148. The molecular formula is C16H25N5O2S. The number of carbonyl (C=O) groups is 2. The molecule has 3 amide bonds. The average Bonchev–Trinajstić information content (AvgIpc) is 3.01. The lowest BCUT2D eigenvalue weighted by Crippen LogP contribution is -2.44. The van der Waals surface area contributed by atoms with E-state index in [0.29, 0.717) is 26.2 Å². The number of nitrogens with zero attached hydrogens (tertiary/aromatic N) is 4. The van der Waals surface area contributed by atoms with Gasteiger partial charge in [0.05, 0.1) is 31.0 Å². The number of thioether (sulfide) groups is 1. The molecule has 0 atom stereocenters. The standard InChI is InChI=1S/C16H25N5O2S/c1-12(2)15(22)20-3-4-21-14(11-20)9-13(18-21)10-17-16(23)19-5-7-24-8-6-19/h9,12H,3-8,10-11H2,1-2H3,(H,17,23).